The van der Waals surface area contributed by atoms with Crippen LogP contribution in [0.4, 0.5) is 0 Å². The zero-order chi connectivity index (χ0) is 15.7. The number of nitrogens with zero attached hydrogens (tertiary/aromatic N) is 1. The van der Waals surface area contributed by atoms with Gasteiger partial charge in [0.1, 0.15) is 12.1 Å². The lowest BCUT2D eigenvalue weighted by molar-refractivity contribution is -0.144. The van der Waals surface area contributed by atoms with Crippen LogP contribution in [0.2, 0.25) is 0 Å². The Balaban J connectivity index is 1.84. The lowest BCUT2D eigenvalue weighted by Crippen LogP contribution is -2.36. The summed E-state index contributed by atoms with van der Waals surface area (Å²) in [4.78, 5) is 24.4. The lowest BCUT2D eigenvalue weighted by Gasteiger charge is -2.18. The van der Waals surface area contributed by atoms with Gasteiger partial charge < -0.3 is 14.4 Å². The lowest BCUT2D eigenvalue weighted by atomic mass is 10.0. The largest absolute Gasteiger partial charge is 0.480 e. The molecule has 1 heterocycles. The van der Waals surface area contributed by atoms with Crippen LogP contribution in [0, 0.1) is 0 Å². The Morgan fingerprint density at radius 2 is 2.00 bits per heavy atom. The van der Waals surface area contributed by atoms with Gasteiger partial charge in [-0.2, -0.15) is 0 Å². The maximum Gasteiger partial charge on any atom is 0.323 e. The van der Waals surface area contributed by atoms with Crippen LogP contribution in [0.1, 0.15) is 30.0 Å². The Hall–Kier alpha value is -2.30. The minimum absolute atomic E-state index is 0.174. The number of carboxylic acid groups (broad SMARTS) is 1. The fraction of sp³-hybridized carbons (Fsp3) is 0.412. The first kappa shape index (κ1) is 14.6. The van der Waals surface area contributed by atoms with Gasteiger partial charge in [0.25, 0.3) is 0 Å². The average molecular weight is 301 g/mol. The molecule has 5 heteroatoms. The molecule has 1 aliphatic carbocycles. The summed E-state index contributed by atoms with van der Waals surface area (Å²) in [5.74, 6) is -1.18. The van der Waals surface area contributed by atoms with Crippen molar-refractivity contribution >= 4 is 22.8 Å². The molecule has 0 atom stereocenters. The predicted molar refractivity (Wildman–Crippen MR) is 81.8 cm³/mol. The molecule has 0 saturated carbocycles. The number of rotatable bonds is 5. The summed E-state index contributed by atoms with van der Waals surface area (Å²) >= 11 is 0. The van der Waals surface area contributed by atoms with E-state index in [1.165, 1.54) is 22.4 Å². The number of aliphatic carboxylic acids is 1. The number of likely N-dealkylation sites (N-methyl/N-ethyl adjacent to an activating group) is 1. The molecule has 1 aromatic heterocycles. The smallest absolute Gasteiger partial charge is 0.323 e. The van der Waals surface area contributed by atoms with Crippen molar-refractivity contribution in [1.29, 1.82) is 0 Å². The minimum atomic E-state index is -0.995. The van der Waals surface area contributed by atoms with E-state index < -0.39 is 5.97 Å². The number of carbonyl (C=O) groups excluding carboxylic acids is 1. The summed E-state index contributed by atoms with van der Waals surface area (Å²) < 4.78 is 5.58. The van der Waals surface area contributed by atoms with E-state index in [2.05, 4.69) is 12.1 Å². The third-order valence-corrected chi connectivity index (χ3v) is 4.27. The number of carbonyl (C=O) groups is 2. The molecule has 0 unspecified atom stereocenters. The van der Waals surface area contributed by atoms with E-state index in [9.17, 15) is 9.59 Å². The number of aryl methyl sites for hydroxylation is 2. The number of hydrogen-bond donors (Lipinski definition) is 1. The van der Waals surface area contributed by atoms with Crippen LogP contribution in [-0.2, 0) is 28.9 Å². The van der Waals surface area contributed by atoms with Crippen molar-refractivity contribution in [3.63, 3.8) is 0 Å². The molecule has 0 radical (unpaired) electrons. The van der Waals surface area contributed by atoms with Gasteiger partial charge in [-0.15, -0.1) is 0 Å². The van der Waals surface area contributed by atoms with Crippen LogP contribution in [-0.4, -0.2) is 35.0 Å². The number of furan rings is 1. The molecule has 2 aromatic rings. The summed E-state index contributed by atoms with van der Waals surface area (Å²) in [6, 6.07) is 4.19. The standard InChI is InChI=1S/C17H19NO4/c1-2-18(9-17(20)21)16(19)8-13-10-22-15-7-12-5-3-4-11(12)6-14(13)15/h6-7,10H,2-5,8-9H2,1H3,(H,20,21). The number of hydrogen-bond acceptors (Lipinski definition) is 3. The van der Waals surface area contributed by atoms with Gasteiger partial charge in [0.05, 0.1) is 12.7 Å². The number of fused-ring (bicyclic) bond motifs is 2. The van der Waals surface area contributed by atoms with Crippen LogP contribution >= 0.6 is 0 Å². The highest BCUT2D eigenvalue weighted by Gasteiger charge is 2.19. The van der Waals surface area contributed by atoms with Gasteiger partial charge in [-0.25, -0.2) is 0 Å². The molecule has 0 saturated heterocycles. The van der Waals surface area contributed by atoms with Crippen molar-refractivity contribution in [1.82, 2.24) is 4.90 Å². The first-order valence-electron chi connectivity index (χ1n) is 7.60. The Bertz CT molecular complexity index is 732. The van der Waals surface area contributed by atoms with Gasteiger partial charge in [-0.3, -0.25) is 9.59 Å². The van der Waals surface area contributed by atoms with E-state index in [1.807, 2.05) is 0 Å². The zero-order valence-corrected chi connectivity index (χ0v) is 12.6. The average Bonchev–Trinajstić information content (AvgIpc) is 3.09. The number of amides is 1. The highest BCUT2D eigenvalue weighted by molar-refractivity contribution is 5.89. The topological polar surface area (TPSA) is 70.8 Å². The molecule has 1 amide bonds. The molecule has 5 nitrogen and oxygen atoms in total. The third-order valence-electron chi connectivity index (χ3n) is 4.27. The molecule has 0 bridgehead atoms. The Morgan fingerprint density at radius 3 is 2.68 bits per heavy atom. The first-order chi connectivity index (χ1) is 10.6. The summed E-state index contributed by atoms with van der Waals surface area (Å²) in [5, 5.41) is 9.83. The summed E-state index contributed by atoms with van der Waals surface area (Å²) in [6.45, 7) is 1.90. The molecular formula is C17H19NO4. The van der Waals surface area contributed by atoms with E-state index in [0.717, 1.165) is 29.4 Å². The predicted octanol–water partition coefficient (Wildman–Crippen LogP) is 2.40. The third kappa shape index (κ3) is 2.71. The van der Waals surface area contributed by atoms with Crippen molar-refractivity contribution in [3.05, 3.63) is 35.1 Å². The SMILES string of the molecule is CCN(CC(=O)O)C(=O)Cc1coc2cc3c(cc12)CCC3. The van der Waals surface area contributed by atoms with Crippen molar-refractivity contribution < 1.29 is 19.1 Å². The van der Waals surface area contributed by atoms with Gasteiger partial charge in [-0.05, 0) is 49.4 Å². The van der Waals surface area contributed by atoms with Crippen LogP contribution < -0.4 is 0 Å². The fourth-order valence-corrected chi connectivity index (χ4v) is 3.10. The van der Waals surface area contributed by atoms with Gasteiger partial charge in [0.2, 0.25) is 5.91 Å². The summed E-state index contributed by atoms with van der Waals surface area (Å²) in [6.07, 6.45) is 5.12. The van der Waals surface area contributed by atoms with Crippen molar-refractivity contribution in [2.75, 3.05) is 13.1 Å². The monoisotopic (exact) mass is 301 g/mol. The van der Waals surface area contributed by atoms with Gasteiger partial charge >= 0.3 is 5.97 Å². The van der Waals surface area contributed by atoms with Gasteiger partial charge in [0.15, 0.2) is 0 Å². The fourth-order valence-electron chi connectivity index (χ4n) is 3.10. The van der Waals surface area contributed by atoms with E-state index in [4.69, 9.17) is 9.52 Å². The highest BCUT2D eigenvalue weighted by Crippen LogP contribution is 2.30. The first-order valence-corrected chi connectivity index (χ1v) is 7.60. The molecule has 0 spiro atoms. The van der Waals surface area contributed by atoms with E-state index in [-0.39, 0.29) is 18.9 Å². The maximum absolute atomic E-state index is 12.3. The Morgan fingerprint density at radius 1 is 1.27 bits per heavy atom. The molecule has 22 heavy (non-hydrogen) atoms. The second kappa shape index (κ2) is 5.83. The van der Waals surface area contributed by atoms with Crippen molar-refractivity contribution in [2.24, 2.45) is 0 Å². The molecule has 0 aliphatic heterocycles. The molecule has 1 aliphatic rings. The molecule has 116 valence electrons. The van der Waals surface area contributed by atoms with Crippen LogP contribution in [0.5, 0.6) is 0 Å². The van der Waals surface area contributed by atoms with Crippen molar-refractivity contribution in [2.45, 2.75) is 32.6 Å². The van der Waals surface area contributed by atoms with Crippen molar-refractivity contribution in [3.8, 4) is 0 Å². The van der Waals surface area contributed by atoms with Crippen LogP contribution in [0.25, 0.3) is 11.0 Å². The second-order valence-corrected chi connectivity index (χ2v) is 5.71. The molecule has 3 rings (SSSR count). The Kier molecular flexibility index (Phi) is 3.88. The Labute approximate surface area is 128 Å². The normalized spacial score (nSPS) is 13.3. The van der Waals surface area contributed by atoms with Crippen LogP contribution in [0.15, 0.2) is 22.8 Å². The van der Waals surface area contributed by atoms with E-state index in [0.29, 0.717) is 6.54 Å². The molecular weight excluding hydrogens is 282 g/mol. The maximum atomic E-state index is 12.3. The van der Waals surface area contributed by atoms with E-state index >= 15 is 0 Å². The molecule has 1 N–H and O–H groups in total. The second-order valence-electron chi connectivity index (χ2n) is 5.71. The highest BCUT2D eigenvalue weighted by atomic mass is 16.4. The van der Waals surface area contributed by atoms with Crippen LogP contribution in [0.3, 0.4) is 0 Å². The summed E-state index contributed by atoms with van der Waals surface area (Å²) in [5.41, 5.74) is 4.31. The van der Waals surface area contributed by atoms with E-state index in [1.54, 1.807) is 13.2 Å². The summed E-state index contributed by atoms with van der Waals surface area (Å²) in [7, 11) is 0. The number of carboxylic acids is 1. The zero-order valence-electron chi connectivity index (χ0n) is 12.6. The minimum Gasteiger partial charge on any atom is -0.480 e. The molecule has 0 fully saturated rings. The van der Waals surface area contributed by atoms with Gasteiger partial charge in [-0.1, -0.05) is 0 Å². The van der Waals surface area contributed by atoms with Gasteiger partial charge in [0, 0.05) is 17.5 Å². The quantitative estimate of drug-likeness (QED) is 0.920. The number of benzene rings is 1. The molecule has 1 aromatic carbocycles.